The van der Waals surface area contributed by atoms with E-state index in [1.54, 1.807) is 0 Å². The number of nitrogens with one attached hydrogen (secondary N) is 1. The zero-order chi connectivity index (χ0) is 17.9. The Balaban J connectivity index is 1.60. The van der Waals surface area contributed by atoms with Gasteiger partial charge in [0, 0.05) is 51.2 Å². The fraction of sp³-hybridized carbons (Fsp3) is 0.889. The normalized spacial score (nSPS) is 30.8. The van der Waals surface area contributed by atoms with Crippen molar-refractivity contribution in [2.45, 2.75) is 31.2 Å². The second kappa shape index (κ2) is 8.01. The molecule has 2 amide bonds. The SMILES string of the molecule is CN1CCCN(CC(=O)N2CCN(C)[C@@]3(CCNC(=O)CC3)C2)CC1. The van der Waals surface area contributed by atoms with Crippen LogP contribution in [0.4, 0.5) is 0 Å². The molecule has 142 valence electrons. The van der Waals surface area contributed by atoms with Gasteiger partial charge in [-0.1, -0.05) is 0 Å². The summed E-state index contributed by atoms with van der Waals surface area (Å²) in [5.41, 5.74) is -0.0495. The highest BCUT2D eigenvalue weighted by atomic mass is 16.2. The Morgan fingerprint density at radius 2 is 1.92 bits per heavy atom. The van der Waals surface area contributed by atoms with Gasteiger partial charge in [0.1, 0.15) is 0 Å². The minimum absolute atomic E-state index is 0.0495. The average Bonchev–Trinajstić information content (AvgIpc) is 2.90. The van der Waals surface area contributed by atoms with Crippen molar-refractivity contribution in [3.63, 3.8) is 0 Å². The summed E-state index contributed by atoms with van der Waals surface area (Å²) in [7, 11) is 4.29. The topological polar surface area (TPSA) is 59.1 Å². The summed E-state index contributed by atoms with van der Waals surface area (Å²) < 4.78 is 0. The smallest absolute Gasteiger partial charge is 0.236 e. The molecule has 1 spiro atoms. The highest BCUT2D eigenvalue weighted by Crippen LogP contribution is 2.30. The minimum Gasteiger partial charge on any atom is -0.356 e. The van der Waals surface area contributed by atoms with Crippen molar-refractivity contribution in [3.05, 3.63) is 0 Å². The highest BCUT2D eigenvalue weighted by molar-refractivity contribution is 5.79. The van der Waals surface area contributed by atoms with E-state index in [9.17, 15) is 9.59 Å². The Morgan fingerprint density at radius 1 is 1.08 bits per heavy atom. The van der Waals surface area contributed by atoms with E-state index in [1.165, 1.54) is 0 Å². The summed E-state index contributed by atoms with van der Waals surface area (Å²) in [5.74, 6) is 0.392. The van der Waals surface area contributed by atoms with E-state index in [2.05, 4.69) is 34.1 Å². The summed E-state index contributed by atoms with van der Waals surface area (Å²) in [4.78, 5) is 33.7. The summed E-state index contributed by atoms with van der Waals surface area (Å²) >= 11 is 0. The first-order valence-corrected chi connectivity index (χ1v) is 9.65. The van der Waals surface area contributed by atoms with Gasteiger partial charge in [0.15, 0.2) is 0 Å². The van der Waals surface area contributed by atoms with Crippen molar-refractivity contribution >= 4 is 11.8 Å². The lowest BCUT2D eigenvalue weighted by Crippen LogP contribution is -2.63. The van der Waals surface area contributed by atoms with Gasteiger partial charge >= 0.3 is 0 Å². The predicted octanol–water partition coefficient (Wildman–Crippen LogP) is -0.563. The van der Waals surface area contributed by atoms with Crippen LogP contribution in [0.3, 0.4) is 0 Å². The third kappa shape index (κ3) is 4.51. The number of carbonyl (C=O) groups excluding carboxylic acids is 2. The fourth-order valence-corrected chi connectivity index (χ4v) is 4.36. The molecule has 1 N–H and O–H groups in total. The molecule has 0 aliphatic carbocycles. The monoisotopic (exact) mass is 351 g/mol. The molecule has 0 radical (unpaired) electrons. The van der Waals surface area contributed by atoms with Crippen LogP contribution in [0, 0.1) is 0 Å². The molecule has 3 aliphatic rings. The largest absolute Gasteiger partial charge is 0.356 e. The molecule has 25 heavy (non-hydrogen) atoms. The number of nitrogens with zero attached hydrogens (tertiary/aromatic N) is 4. The van der Waals surface area contributed by atoms with Gasteiger partial charge in [-0.2, -0.15) is 0 Å². The maximum atomic E-state index is 12.9. The second-order valence-corrected chi connectivity index (χ2v) is 7.99. The van der Waals surface area contributed by atoms with Gasteiger partial charge in [0.2, 0.25) is 11.8 Å². The maximum Gasteiger partial charge on any atom is 0.236 e. The molecule has 7 heteroatoms. The van der Waals surface area contributed by atoms with Gasteiger partial charge in [-0.3, -0.25) is 19.4 Å². The number of amides is 2. The lowest BCUT2D eigenvalue weighted by molar-refractivity contribution is -0.138. The molecule has 3 aliphatic heterocycles. The summed E-state index contributed by atoms with van der Waals surface area (Å²) in [6, 6.07) is 0. The van der Waals surface area contributed by atoms with Crippen LogP contribution in [0.25, 0.3) is 0 Å². The summed E-state index contributed by atoms with van der Waals surface area (Å²) in [6.45, 7) is 7.82. The van der Waals surface area contributed by atoms with Gasteiger partial charge < -0.3 is 15.1 Å². The van der Waals surface area contributed by atoms with E-state index in [1.807, 2.05) is 4.90 Å². The van der Waals surface area contributed by atoms with Gasteiger partial charge in [0.25, 0.3) is 0 Å². The zero-order valence-corrected chi connectivity index (χ0v) is 15.8. The second-order valence-electron chi connectivity index (χ2n) is 7.99. The molecular weight excluding hydrogens is 318 g/mol. The van der Waals surface area contributed by atoms with Crippen LogP contribution in [0.1, 0.15) is 25.7 Å². The number of hydrogen-bond acceptors (Lipinski definition) is 5. The third-order valence-corrected chi connectivity index (χ3v) is 6.25. The van der Waals surface area contributed by atoms with Crippen molar-refractivity contribution in [3.8, 4) is 0 Å². The van der Waals surface area contributed by atoms with Crippen molar-refractivity contribution in [2.24, 2.45) is 0 Å². The fourth-order valence-electron chi connectivity index (χ4n) is 4.36. The zero-order valence-electron chi connectivity index (χ0n) is 15.8. The van der Waals surface area contributed by atoms with Crippen molar-refractivity contribution in [1.29, 1.82) is 0 Å². The predicted molar refractivity (Wildman–Crippen MR) is 97.4 cm³/mol. The first-order chi connectivity index (χ1) is 12.0. The van der Waals surface area contributed by atoms with Crippen LogP contribution in [-0.2, 0) is 9.59 Å². The van der Waals surface area contributed by atoms with Crippen LogP contribution in [-0.4, -0.2) is 110 Å². The highest BCUT2D eigenvalue weighted by Gasteiger charge is 2.42. The Labute approximate surface area is 151 Å². The van der Waals surface area contributed by atoms with E-state index >= 15 is 0 Å². The van der Waals surface area contributed by atoms with Gasteiger partial charge in [0.05, 0.1) is 6.54 Å². The number of rotatable bonds is 2. The minimum atomic E-state index is -0.0495. The van der Waals surface area contributed by atoms with Gasteiger partial charge in [-0.25, -0.2) is 0 Å². The summed E-state index contributed by atoms with van der Waals surface area (Å²) in [6.07, 6.45) is 3.45. The lowest BCUT2D eigenvalue weighted by Gasteiger charge is -2.49. The molecule has 0 aromatic carbocycles. The Morgan fingerprint density at radius 3 is 2.76 bits per heavy atom. The molecule has 7 nitrogen and oxygen atoms in total. The molecular formula is C18H33N5O2. The van der Waals surface area contributed by atoms with Crippen molar-refractivity contribution in [1.82, 2.24) is 24.9 Å². The van der Waals surface area contributed by atoms with Crippen molar-refractivity contribution < 1.29 is 9.59 Å². The molecule has 0 aromatic heterocycles. The maximum absolute atomic E-state index is 12.9. The quantitative estimate of drug-likeness (QED) is 0.723. The van der Waals surface area contributed by atoms with Crippen LogP contribution in [0.5, 0.6) is 0 Å². The number of likely N-dealkylation sites (N-methyl/N-ethyl adjacent to an activating group) is 2. The lowest BCUT2D eigenvalue weighted by atomic mass is 9.86. The summed E-state index contributed by atoms with van der Waals surface area (Å²) in [5, 5.41) is 2.98. The van der Waals surface area contributed by atoms with Crippen LogP contribution < -0.4 is 5.32 Å². The van der Waals surface area contributed by atoms with E-state index in [-0.39, 0.29) is 17.4 Å². The van der Waals surface area contributed by atoms with E-state index in [0.29, 0.717) is 19.5 Å². The average molecular weight is 351 g/mol. The number of hydrogen-bond donors (Lipinski definition) is 1. The van der Waals surface area contributed by atoms with E-state index < -0.39 is 0 Å². The molecule has 0 unspecified atom stereocenters. The molecule has 3 rings (SSSR count). The first kappa shape index (κ1) is 18.6. The molecule has 1 atom stereocenters. The van der Waals surface area contributed by atoms with Crippen LogP contribution >= 0.6 is 0 Å². The van der Waals surface area contributed by atoms with Gasteiger partial charge in [-0.05, 0) is 46.4 Å². The molecule has 0 saturated carbocycles. The molecule has 3 heterocycles. The first-order valence-electron chi connectivity index (χ1n) is 9.65. The molecule has 0 bridgehead atoms. The standard InChI is InChI=1S/C18H33N5O2/c1-20-8-3-9-22(12-10-20)14-17(25)23-13-11-21(2)18(15-23)5-4-16(24)19-7-6-18/h3-15H2,1-2H3,(H,19,24)/t18-/m0/s1. The Bertz CT molecular complexity index is 500. The number of carbonyl (C=O) groups is 2. The van der Waals surface area contributed by atoms with E-state index in [0.717, 1.165) is 65.1 Å². The Hall–Kier alpha value is -1.18. The molecule has 3 fully saturated rings. The third-order valence-electron chi connectivity index (χ3n) is 6.25. The van der Waals surface area contributed by atoms with E-state index in [4.69, 9.17) is 0 Å². The van der Waals surface area contributed by atoms with Crippen LogP contribution in [0.2, 0.25) is 0 Å². The number of piperazine rings is 1. The van der Waals surface area contributed by atoms with Crippen molar-refractivity contribution in [2.75, 3.05) is 73.0 Å². The van der Waals surface area contributed by atoms with Crippen LogP contribution in [0.15, 0.2) is 0 Å². The Kier molecular flexibility index (Phi) is 5.96. The molecule has 0 aromatic rings. The van der Waals surface area contributed by atoms with Gasteiger partial charge in [-0.15, -0.1) is 0 Å². The molecule has 3 saturated heterocycles.